The average molecular weight is 325 g/mol. The molecule has 1 aromatic rings. The molecule has 1 heterocycles. The fraction of sp³-hybridized carbons (Fsp3) is 0.636. The van der Waals surface area contributed by atoms with E-state index in [1.54, 1.807) is 0 Å². The lowest BCUT2D eigenvalue weighted by Crippen LogP contribution is -2.44. The molecule has 0 amide bonds. The second-order valence-electron chi connectivity index (χ2n) is 7.72. The first-order chi connectivity index (χ1) is 11.6. The number of benzene rings is 1. The molecule has 1 N–H and O–H groups in total. The van der Waals surface area contributed by atoms with Crippen LogP contribution < -0.4 is 0 Å². The van der Waals surface area contributed by atoms with Crippen molar-refractivity contribution in [2.75, 3.05) is 6.54 Å². The van der Waals surface area contributed by atoms with Crippen LogP contribution in [0, 0.1) is 17.8 Å². The molecule has 130 valence electrons. The molecule has 1 aliphatic heterocycles. The van der Waals surface area contributed by atoms with Crippen LogP contribution in [0.3, 0.4) is 0 Å². The van der Waals surface area contributed by atoms with Gasteiger partial charge in [-0.25, -0.2) is 0 Å². The number of aliphatic hydroxyl groups is 1. The third kappa shape index (κ3) is 3.68. The van der Waals surface area contributed by atoms with Gasteiger partial charge in [0.2, 0.25) is 0 Å². The molecule has 0 unspecified atom stereocenters. The predicted octanol–water partition coefficient (Wildman–Crippen LogP) is 4.33. The second-order valence-corrected chi connectivity index (χ2v) is 7.72. The predicted molar refractivity (Wildman–Crippen MR) is 99.6 cm³/mol. The number of piperidine rings is 1. The van der Waals surface area contributed by atoms with Crippen molar-refractivity contribution in [3.63, 3.8) is 0 Å². The molecule has 0 spiro atoms. The lowest BCUT2D eigenvalue weighted by molar-refractivity contribution is 0.0365. The first kappa shape index (κ1) is 17.5. The summed E-state index contributed by atoms with van der Waals surface area (Å²) in [6, 6.07) is 11.3. The molecule has 24 heavy (non-hydrogen) atoms. The first-order valence-corrected chi connectivity index (χ1v) is 9.65. The molecule has 1 saturated heterocycles. The Balaban J connectivity index is 1.80. The molecule has 1 aromatic carbocycles. The van der Waals surface area contributed by atoms with Gasteiger partial charge in [0.05, 0.1) is 6.54 Å². The summed E-state index contributed by atoms with van der Waals surface area (Å²) < 4.78 is 0. The molecule has 1 aliphatic carbocycles. The highest BCUT2D eigenvalue weighted by Gasteiger charge is 2.38. The summed E-state index contributed by atoms with van der Waals surface area (Å²) in [5.41, 5.74) is -0.0239. The summed E-state index contributed by atoms with van der Waals surface area (Å²) in [6.45, 7) is 5.37. The summed E-state index contributed by atoms with van der Waals surface area (Å²) in [4.78, 5) is 2.50. The molecule has 2 fully saturated rings. The fourth-order valence-electron chi connectivity index (χ4n) is 4.50. The van der Waals surface area contributed by atoms with Crippen molar-refractivity contribution in [2.24, 2.45) is 5.92 Å². The van der Waals surface area contributed by atoms with Crippen molar-refractivity contribution in [1.82, 2.24) is 4.90 Å². The van der Waals surface area contributed by atoms with E-state index in [1.165, 1.54) is 32.1 Å². The van der Waals surface area contributed by atoms with Crippen LogP contribution in [0.5, 0.6) is 0 Å². The molecule has 0 bridgehead atoms. The Kier molecular flexibility index (Phi) is 5.64. The van der Waals surface area contributed by atoms with E-state index in [2.05, 4.69) is 30.6 Å². The normalized spacial score (nSPS) is 28.1. The zero-order chi connectivity index (χ0) is 17.0. The topological polar surface area (TPSA) is 23.5 Å². The number of hydrogen-bond acceptors (Lipinski definition) is 2. The molecule has 0 radical (unpaired) electrons. The molecule has 2 heteroatoms. The minimum atomic E-state index is -0.986. The number of rotatable bonds is 3. The Morgan fingerprint density at radius 2 is 1.62 bits per heavy atom. The van der Waals surface area contributed by atoms with Crippen LogP contribution in [0.1, 0.15) is 64.4 Å². The van der Waals surface area contributed by atoms with Gasteiger partial charge in [-0.2, -0.15) is 0 Å². The van der Waals surface area contributed by atoms with Crippen LogP contribution in [-0.2, 0) is 5.60 Å². The van der Waals surface area contributed by atoms with E-state index in [0.717, 1.165) is 24.9 Å². The van der Waals surface area contributed by atoms with Gasteiger partial charge in [-0.15, -0.1) is 0 Å². The molecule has 1 saturated carbocycles. The monoisotopic (exact) mass is 325 g/mol. The van der Waals surface area contributed by atoms with Crippen molar-refractivity contribution < 1.29 is 5.11 Å². The molecule has 2 aliphatic rings. The van der Waals surface area contributed by atoms with Gasteiger partial charge in [0.25, 0.3) is 0 Å². The van der Waals surface area contributed by atoms with Crippen LogP contribution >= 0.6 is 0 Å². The maximum absolute atomic E-state index is 11.5. The third-order valence-electron chi connectivity index (χ3n) is 6.08. The largest absolute Gasteiger partial charge is 0.373 e. The minimum Gasteiger partial charge on any atom is -0.373 e. The Morgan fingerprint density at radius 1 is 1.00 bits per heavy atom. The molecule has 3 rings (SSSR count). The SMILES string of the molecule is C[C@@H]1CCC[C@H](C)N1CC#C[C@@](O)(c1ccccc1)C1CCCC1. The minimum absolute atomic E-state index is 0.267. The lowest BCUT2D eigenvalue weighted by atomic mass is 9.80. The van der Waals surface area contributed by atoms with Gasteiger partial charge >= 0.3 is 0 Å². The van der Waals surface area contributed by atoms with Gasteiger partial charge in [-0.3, -0.25) is 4.90 Å². The first-order valence-electron chi connectivity index (χ1n) is 9.65. The van der Waals surface area contributed by atoms with Crippen LogP contribution in [0.4, 0.5) is 0 Å². The number of likely N-dealkylation sites (tertiary alicyclic amines) is 1. The molecule has 2 nitrogen and oxygen atoms in total. The molecular formula is C22H31NO. The van der Waals surface area contributed by atoms with Crippen LogP contribution in [0.2, 0.25) is 0 Å². The van der Waals surface area contributed by atoms with Crippen LogP contribution in [0.25, 0.3) is 0 Å². The third-order valence-corrected chi connectivity index (χ3v) is 6.08. The van der Waals surface area contributed by atoms with Crippen LogP contribution in [-0.4, -0.2) is 28.6 Å². The Bertz CT molecular complexity index is 571. The quantitative estimate of drug-likeness (QED) is 0.836. The van der Waals surface area contributed by atoms with E-state index in [1.807, 2.05) is 30.3 Å². The van der Waals surface area contributed by atoms with Gasteiger partial charge in [-0.1, -0.05) is 61.4 Å². The smallest absolute Gasteiger partial charge is 0.153 e. The fourth-order valence-corrected chi connectivity index (χ4v) is 4.50. The van der Waals surface area contributed by atoms with E-state index in [9.17, 15) is 5.11 Å². The maximum Gasteiger partial charge on any atom is 0.153 e. The molecule has 0 aromatic heterocycles. The highest BCUT2D eigenvalue weighted by molar-refractivity contribution is 5.33. The van der Waals surface area contributed by atoms with Crippen molar-refractivity contribution in [3.05, 3.63) is 35.9 Å². The van der Waals surface area contributed by atoms with Crippen molar-refractivity contribution in [2.45, 2.75) is 76.5 Å². The zero-order valence-electron chi connectivity index (χ0n) is 15.2. The standard InChI is InChI=1S/C22H31NO/c1-18-10-8-11-19(2)23(18)17-9-16-22(24,21-14-6-7-15-21)20-12-4-3-5-13-20/h3-5,12-13,18-19,21,24H,6-8,10-11,14-15,17H2,1-2H3/t18-,19+,22-/m1/s1. The Hall–Kier alpha value is -1.30. The number of nitrogens with zero attached hydrogens (tertiary/aromatic N) is 1. The Morgan fingerprint density at radius 3 is 2.25 bits per heavy atom. The average Bonchev–Trinajstić information content (AvgIpc) is 3.13. The lowest BCUT2D eigenvalue weighted by Gasteiger charge is -2.37. The highest BCUT2D eigenvalue weighted by Crippen LogP contribution is 2.40. The number of hydrogen-bond donors (Lipinski definition) is 1. The second kappa shape index (κ2) is 7.72. The Labute approximate surface area is 147 Å². The van der Waals surface area contributed by atoms with Crippen molar-refractivity contribution in [1.29, 1.82) is 0 Å². The van der Waals surface area contributed by atoms with E-state index >= 15 is 0 Å². The van der Waals surface area contributed by atoms with E-state index in [-0.39, 0.29) is 5.92 Å². The summed E-state index contributed by atoms with van der Waals surface area (Å²) in [5, 5.41) is 11.5. The van der Waals surface area contributed by atoms with E-state index in [0.29, 0.717) is 12.1 Å². The summed E-state index contributed by atoms with van der Waals surface area (Å²) in [5.74, 6) is 6.93. The van der Waals surface area contributed by atoms with Gasteiger partial charge in [0.1, 0.15) is 0 Å². The van der Waals surface area contributed by atoms with E-state index in [4.69, 9.17) is 0 Å². The van der Waals surface area contributed by atoms with Gasteiger partial charge in [0.15, 0.2) is 5.60 Å². The van der Waals surface area contributed by atoms with Gasteiger partial charge in [0, 0.05) is 18.0 Å². The van der Waals surface area contributed by atoms with Gasteiger partial charge in [-0.05, 0) is 45.1 Å². The maximum atomic E-state index is 11.5. The summed E-state index contributed by atoms with van der Waals surface area (Å²) >= 11 is 0. The van der Waals surface area contributed by atoms with Crippen molar-refractivity contribution >= 4 is 0 Å². The summed E-state index contributed by atoms with van der Waals surface area (Å²) in [7, 11) is 0. The zero-order valence-corrected chi connectivity index (χ0v) is 15.2. The molecule has 3 atom stereocenters. The van der Waals surface area contributed by atoms with E-state index < -0.39 is 5.60 Å². The highest BCUT2D eigenvalue weighted by atomic mass is 16.3. The van der Waals surface area contributed by atoms with Crippen molar-refractivity contribution in [3.8, 4) is 11.8 Å². The van der Waals surface area contributed by atoms with Crippen LogP contribution in [0.15, 0.2) is 30.3 Å². The molecular weight excluding hydrogens is 294 g/mol. The van der Waals surface area contributed by atoms with Gasteiger partial charge < -0.3 is 5.11 Å². The summed E-state index contributed by atoms with van der Waals surface area (Å²) in [6.07, 6.45) is 8.42.